The Morgan fingerprint density at radius 3 is 2.83 bits per heavy atom. The zero-order valence-electron chi connectivity index (χ0n) is 10.3. The summed E-state index contributed by atoms with van der Waals surface area (Å²) in [6.45, 7) is 3.11. The number of nitrogen functional groups attached to an aromatic ring is 1. The first-order chi connectivity index (χ1) is 8.47. The molecular formula is C13H17IN2O2. The minimum atomic E-state index is -0.358. The summed E-state index contributed by atoms with van der Waals surface area (Å²) in [7, 11) is 0. The molecule has 1 aromatic carbocycles. The van der Waals surface area contributed by atoms with Gasteiger partial charge in [0.25, 0.3) is 5.91 Å². The Balaban J connectivity index is 2.12. The molecule has 0 radical (unpaired) electrons. The van der Waals surface area contributed by atoms with Crippen LogP contribution >= 0.6 is 22.6 Å². The number of benzene rings is 1. The quantitative estimate of drug-likeness (QED) is 0.624. The molecule has 98 valence electrons. The molecule has 1 heterocycles. The van der Waals surface area contributed by atoms with Crippen molar-refractivity contribution in [3.8, 4) is 0 Å². The molecule has 2 unspecified atom stereocenters. The van der Waals surface area contributed by atoms with Crippen LogP contribution in [0.25, 0.3) is 0 Å². The fourth-order valence-electron chi connectivity index (χ4n) is 2.28. The van der Waals surface area contributed by atoms with Gasteiger partial charge in [0.2, 0.25) is 0 Å². The van der Waals surface area contributed by atoms with Crippen LogP contribution in [0.4, 0.5) is 5.69 Å². The molecule has 1 aliphatic heterocycles. The number of carbonyl (C=O) groups excluding carboxylic acids is 1. The third-order valence-electron chi connectivity index (χ3n) is 3.36. The lowest BCUT2D eigenvalue weighted by Crippen LogP contribution is -2.30. The van der Waals surface area contributed by atoms with Gasteiger partial charge in [-0.15, -0.1) is 0 Å². The first-order valence-electron chi connectivity index (χ1n) is 6.01. The highest BCUT2D eigenvalue weighted by Gasteiger charge is 2.29. The van der Waals surface area contributed by atoms with Crippen molar-refractivity contribution in [1.29, 1.82) is 0 Å². The molecular weight excluding hydrogens is 343 g/mol. The van der Waals surface area contributed by atoms with Crippen molar-refractivity contribution in [3.63, 3.8) is 0 Å². The van der Waals surface area contributed by atoms with Crippen LogP contribution in [0, 0.1) is 9.49 Å². The van der Waals surface area contributed by atoms with Gasteiger partial charge >= 0.3 is 0 Å². The van der Waals surface area contributed by atoms with Gasteiger partial charge in [0.1, 0.15) is 0 Å². The Hall–Kier alpha value is -0.820. The smallest absolute Gasteiger partial charge is 0.253 e. The average Bonchev–Trinajstić information content (AvgIpc) is 2.75. The summed E-state index contributed by atoms with van der Waals surface area (Å²) < 4.78 is 0.960. The summed E-state index contributed by atoms with van der Waals surface area (Å²) in [5, 5.41) is 9.55. The predicted octanol–water partition coefficient (Wildman–Crippen LogP) is 1.72. The van der Waals surface area contributed by atoms with Crippen molar-refractivity contribution in [2.24, 2.45) is 5.92 Å². The van der Waals surface area contributed by atoms with E-state index in [1.54, 1.807) is 17.9 Å². The van der Waals surface area contributed by atoms with Gasteiger partial charge in [0.15, 0.2) is 0 Å². The predicted molar refractivity (Wildman–Crippen MR) is 79.3 cm³/mol. The number of nitrogens with zero attached hydrogens (tertiary/aromatic N) is 1. The van der Waals surface area contributed by atoms with E-state index < -0.39 is 0 Å². The molecule has 4 nitrogen and oxygen atoms in total. The monoisotopic (exact) mass is 360 g/mol. The Morgan fingerprint density at radius 2 is 2.28 bits per heavy atom. The van der Waals surface area contributed by atoms with Gasteiger partial charge in [-0.25, -0.2) is 0 Å². The third-order valence-corrected chi connectivity index (χ3v) is 3.98. The van der Waals surface area contributed by atoms with Crippen molar-refractivity contribution in [3.05, 3.63) is 27.3 Å². The van der Waals surface area contributed by atoms with E-state index in [4.69, 9.17) is 5.73 Å². The second-order valence-electron chi connectivity index (χ2n) is 4.81. The Morgan fingerprint density at radius 1 is 1.56 bits per heavy atom. The largest absolute Gasteiger partial charge is 0.399 e. The minimum absolute atomic E-state index is 0.00312. The zero-order chi connectivity index (χ0) is 13.3. The molecule has 18 heavy (non-hydrogen) atoms. The maximum absolute atomic E-state index is 12.3. The Labute approximate surface area is 120 Å². The van der Waals surface area contributed by atoms with Crippen LogP contribution in [0.5, 0.6) is 0 Å². The standard InChI is InChI=1S/C13H17IN2O2/c1-8(17)9-2-3-16(7-9)13(18)10-4-11(14)6-12(15)5-10/h4-6,8-9,17H,2-3,7,15H2,1H3. The molecule has 0 saturated carbocycles. The van der Waals surface area contributed by atoms with E-state index in [2.05, 4.69) is 22.6 Å². The van der Waals surface area contributed by atoms with Gasteiger partial charge in [-0.05, 0) is 54.1 Å². The summed E-state index contributed by atoms with van der Waals surface area (Å²) in [6.07, 6.45) is 0.506. The number of carbonyl (C=O) groups is 1. The van der Waals surface area contributed by atoms with E-state index in [1.807, 2.05) is 12.1 Å². The van der Waals surface area contributed by atoms with Crippen molar-refractivity contribution in [2.45, 2.75) is 19.4 Å². The Kier molecular flexibility index (Phi) is 4.11. The van der Waals surface area contributed by atoms with Crippen LogP contribution in [-0.2, 0) is 0 Å². The molecule has 2 atom stereocenters. The molecule has 0 spiro atoms. The number of anilines is 1. The number of rotatable bonds is 2. The number of aliphatic hydroxyl groups excluding tert-OH is 1. The molecule has 5 heteroatoms. The topological polar surface area (TPSA) is 66.6 Å². The summed E-state index contributed by atoms with van der Waals surface area (Å²) in [4.78, 5) is 14.1. The minimum Gasteiger partial charge on any atom is -0.399 e. The Bertz CT molecular complexity index is 442. The summed E-state index contributed by atoms with van der Waals surface area (Å²) in [5.41, 5.74) is 6.99. The molecule has 1 saturated heterocycles. The van der Waals surface area contributed by atoms with Crippen LogP contribution in [0.3, 0.4) is 0 Å². The number of aliphatic hydroxyl groups is 1. The molecule has 3 N–H and O–H groups in total. The van der Waals surface area contributed by atoms with Gasteiger partial charge in [-0.1, -0.05) is 0 Å². The van der Waals surface area contributed by atoms with E-state index in [0.29, 0.717) is 24.3 Å². The molecule has 1 aliphatic rings. The van der Waals surface area contributed by atoms with Crippen LogP contribution in [0.2, 0.25) is 0 Å². The summed E-state index contributed by atoms with van der Waals surface area (Å²) in [5.74, 6) is 0.192. The van der Waals surface area contributed by atoms with Crippen molar-refractivity contribution in [2.75, 3.05) is 18.8 Å². The molecule has 0 bridgehead atoms. The van der Waals surface area contributed by atoms with Crippen LogP contribution in [-0.4, -0.2) is 35.1 Å². The highest BCUT2D eigenvalue weighted by atomic mass is 127. The number of halogens is 1. The fraction of sp³-hybridized carbons (Fsp3) is 0.462. The molecule has 1 amide bonds. The van der Waals surface area contributed by atoms with Crippen LogP contribution in [0.15, 0.2) is 18.2 Å². The van der Waals surface area contributed by atoms with Gasteiger partial charge in [0, 0.05) is 33.8 Å². The molecule has 1 fully saturated rings. The van der Waals surface area contributed by atoms with Crippen LogP contribution in [0.1, 0.15) is 23.7 Å². The van der Waals surface area contributed by atoms with Crippen molar-refractivity contribution in [1.82, 2.24) is 4.90 Å². The van der Waals surface area contributed by atoms with E-state index >= 15 is 0 Å². The van der Waals surface area contributed by atoms with E-state index in [1.165, 1.54) is 0 Å². The normalized spacial score (nSPS) is 21.1. The maximum Gasteiger partial charge on any atom is 0.253 e. The SMILES string of the molecule is CC(O)C1CCN(C(=O)c2cc(N)cc(I)c2)C1. The first-order valence-corrected chi connectivity index (χ1v) is 7.08. The fourth-order valence-corrected chi connectivity index (χ4v) is 2.98. The molecule has 0 aromatic heterocycles. The number of amides is 1. The number of likely N-dealkylation sites (tertiary alicyclic amines) is 1. The van der Waals surface area contributed by atoms with Crippen LogP contribution < -0.4 is 5.73 Å². The lowest BCUT2D eigenvalue weighted by molar-refractivity contribution is 0.0762. The molecule has 1 aromatic rings. The van der Waals surface area contributed by atoms with Gasteiger partial charge in [0.05, 0.1) is 6.10 Å². The number of nitrogens with two attached hydrogens (primary N) is 1. The summed E-state index contributed by atoms with van der Waals surface area (Å²) >= 11 is 2.15. The average molecular weight is 360 g/mol. The summed E-state index contributed by atoms with van der Waals surface area (Å²) in [6, 6.07) is 5.38. The van der Waals surface area contributed by atoms with Gasteiger partial charge < -0.3 is 15.7 Å². The third kappa shape index (κ3) is 2.95. The molecule has 0 aliphatic carbocycles. The van der Waals surface area contributed by atoms with Crippen molar-refractivity contribution < 1.29 is 9.90 Å². The van der Waals surface area contributed by atoms with E-state index in [-0.39, 0.29) is 17.9 Å². The maximum atomic E-state index is 12.3. The first kappa shape index (κ1) is 13.6. The second-order valence-corrected chi connectivity index (χ2v) is 6.06. The van der Waals surface area contributed by atoms with E-state index in [0.717, 1.165) is 9.99 Å². The highest BCUT2D eigenvalue weighted by molar-refractivity contribution is 14.1. The second kappa shape index (κ2) is 5.44. The van der Waals surface area contributed by atoms with Gasteiger partial charge in [-0.2, -0.15) is 0 Å². The highest BCUT2D eigenvalue weighted by Crippen LogP contribution is 2.23. The lowest BCUT2D eigenvalue weighted by atomic mass is 10.0. The van der Waals surface area contributed by atoms with Crippen molar-refractivity contribution >= 4 is 34.2 Å². The van der Waals surface area contributed by atoms with E-state index in [9.17, 15) is 9.90 Å². The molecule has 2 rings (SSSR count). The number of hydrogen-bond donors (Lipinski definition) is 2. The lowest BCUT2D eigenvalue weighted by Gasteiger charge is -2.18. The zero-order valence-corrected chi connectivity index (χ0v) is 12.4. The number of hydrogen-bond acceptors (Lipinski definition) is 3. The van der Waals surface area contributed by atoms with Gasteiger partial charge in [-0.3, -0.25) is 4.79 Å².